The van der Waals surface area contributed by atoms with Crippen molar-refractivity contribution >= 4 is 23.5 Å². The Bertz CT molecular complexity index is 986. The summed E-state index contributed by atoms with van der Waals surface area (Å²) in [6.45, 7) is 4.04. The number of ketones is 1. The largest absolute Gasteiger partial charge is 0.494 e. The number of rotatable bonds is 6. The van der Waals surface area contributed by atoms with Crippen LogP contribution in [0.15, 0.2) is 46.1 Å². The lowest BCUT2D eigenvalue weighted by Gasteiger charge is -2.34. The number of amides is 1. The van der Waals surface area contributed by atoms with Gasteiger partial charge in [0.15, 0.2) is 5.78 Å². The van der Waals surface area contributed by atoms with E-state index in [2.05, 4.69) is 11.4 Å². The van der Waals surface area contributed by atoms with E-state index in [1.165, 1.54) is 11.8 Å². The number of dihydropyridines is 1. The molecule has 1 unspecified atom stereocenters. The predicted molar refractivity (Wildman–Crippen MR) is 120 cm³/mol. The highest BCUT2D eigenvalue weighted by atomic mass is 32.2. The van der Waals surface area contributed by atoms with Crippen LogP contribution >= 0.6 is 11.8 Å². The number of para-hydroxylation sites is 1. The number of hydrogen-bond donors (Lipinski definition) is 1. The number of nitriles is 1. The van der Waals surface area contributed by atoms with Crippen molar-refractivity contribution in [3.8, 4) is 11.8 Å². The summed E-state index contributed by atoms with van der Waals surface area (Å²) in [6.07, 6.45) is 4.14. The van der Waals surface area contributed by atoms with Gasteiger partial charge in [0, 0.05) is 36.3 Å². The second-order valence-electron chi connectivity index (χ2n) is 7.93. The van der Waals surface area contributed by atoms with Crippen LogP contribution in [-0.2, 0) is 9.59 Å². The molecule has 1 aliphatic carbocycles. The maximum Gasteiger partial charge on any atom is 0.232 e. The summed E-state index contributed by atoms with van der Waals surface area (Å²) < 4.78 is 5.85. The van der Waals surface area contributed by atoms with Crippen LogP contribution in [0.5, 0.6) is 5.75 Å². The molecular formula is C24H27N3O3S. The summed E-state index contributed by atoms with van der Waals surface area (Å²) in [5.74, 6) is 0.674. The van der Waals surface area contributed by atoms with Gasteiger partial charge in [0.25, 0.3) is 0 Å². The van der Waals surface area contributed by atoms with Crippen molar-refractivity contribution < 1.29 is 14.3 Å². The van der Waals surface area contributed by atoms with E-state index in [9.17, 15) is 14.9 Å². The summed E-state index contributed by atoms with van der Waals surface area (Å²) in [6, 6.07) is 9.97. The van der Waals surface area contributed by atoms with Crippen LogP contribution in [-0.4, -0.2) is 42.0 Å². The van der Waals surface area contributed by atoms with E-state index in [4.69, 9.17) is 4.74 Å². The molecule has 0 spiro atoms. The normalized spacial score (nSPS) is 21.0. The van der Waals surface area contributed by atoms with Gasteiger partial charge in [-0.25, -0.2) is 0 Å². The van der Waals surface area contributed by atoms with Crippen molar-refractivity contribution in [2.24, 2.45) is 0 Å². The first kappa shape index (κ1) is 21.5. The van der Waals surface area contributed by atoms with E-state index in [0.29, 0.717) is 35.0 Å². The number of carbonyl (C=O) groups excluding carboxylic acids is 2. The quantitative estimate of drug-likeness (QED) is 0.728. The van der Waals surface area contributed by atoms with Gasteiger partial charge in [-0.2, -0.15) is 5.26 Å². The van der Waals surface area contributed by atoms with Crippen molar-refractivity contribution in [2.45, 2.75) is 44.9 Å². The fourth-order valence-electron chi connectivity index (χ4n) is 4.55. The third-order valence-electron chi connectivity index (χ3n) is 5.99. The number of allylic oxidation sites excluding steroid dienone is 3. The second kappa shape index (κ2) is 9.61. The number of benzene rings is 1. The Balaban J connectivity index is 1.71. The van der Waals surface area contributed by atoms with Crippen LogP contribution in [0.3, 0.4) is 0 Å². The van der Waals surface area contributed by atoms with Gasteiger partial charge >= 0.3 is 0 Å². The first-order valence-electron chi connectivity index (χ1n) is 10.9. The van der Waals surface area contributed by atoms with E-state index in [-0.39, 0.29) is 17.4 Å². The Labute approximate surface area is 187 Å². The number of carbonyl (C=O) groups is 2. The molecule has 31 heavy (non-hydrogen) atoms. The summed E-state index contributed by atoms with van der Waals surface area (Å²) in [7, 11) is 0. The molecule has 0 aromatic heterocycles. The lowest BCUT2D eigenvalue weighted by atomic mass is 9.76. The molecule has 1 fully saturated rings. The van der Waals surface area contributed by atoms with E-state index in [1.807, 2.05) is 36.1 Å². The smallest absolute Gasteiger partial charge is 0.232 e. The maximum atomic E-state index is 13.0. The van der Waals surface area contributed by atoms with E-state index in [0.717, 1.165) is 50.0 Å². The highest BCUT2D eigenvalue weighted by Crippen LogP contribution is 2.46. The molecule has 0 bridgehead atoms. The zero-order valence-electron chi connectivity index (χ0n) is 17.8. The number of nitrogens with zero attached hydrogens (tertiary/aromatic N) is 2. The Morgan fingerprint density at radius 1 is 1.26 bits per heavy atom. The standard InChI is InChI=1S/C24H27N3O3S/c1-2-30-20-11-4-3-8-16(20)22-17(14-25)24(26-18-9-7-10-19(28)23(18)22)31-15-21(29)27-12-5-6-13-27/h3-4,8,11,22,26H,2,5-7,9-10,12-13,15H2,1H3. The predicted octanol–water partition coefficient (Wildman–Crippen LogP) is 3.87. The van der Waals surface area contributed by atoms with Gasteiger partial charge in [-0.05, 0) is 38.7 Å². The van der Waals surface area contributed by atoms with Crippen LogP contribution in [0, 0.1) is 11.3 Å². The molecule has 1 N–H and O–H groups in total. The highest BCUT2D eigenvalue weighted by molar-refractivity contribution is 8.03. The van der Waals surface area contributed by atoms with Gasteiger partial charge in [0.2, 0.25) is 5.91 Å². The molecule has 7 heteroatoms. The molecule has 1 saturated heterocycles. The molecular weight excluding hydrogens is 410 g/mol. The molecule has 1 aromatic rings. The topological polar surface area (TPSA) is 82.4 Å². The Morgan fingerprint density at radius 2 is 2.03 bits per heavy atom. The van der Waals surface area contributed by atoms with Gasteiger partial charge in [0.05, 0.1) is 34.9 Å². The van der Waals surface area contributed by atoms with Gasteiger partial charge < -0.3 is 15.0 Å². The van der Waals surface area contributed by atoms with E-state index in [1.54, 1.807) is 0 Å². The maximum absolute atomic E-state index is 13.0. The Hall–Kier alpha value is -2.72. The van der Waals surface area contributed by atoms with Crippen LogP contribution in [0.2, 0.25) is 0 Å². The highest BCUT2D eigenvalue weighted by Gasteiger charge is 2.38. The van der Waals surface area contributed by atoms with Gasteiger partial charge in [-0.15, -0.1) is 0 Å². The van der Waals surface area contributed by atoms with Crippen LogP contribution in [0.4, 0.5) is 0 Å². The van der Waals surface area contributed by atoms with Gasteiger partial charge in [0.1, 0.15) is 5.75 Å². The molecule has 162 valence electrons. The average molecular weight is 438 g/mol. The van der Waals surface area contributed by atoms with Crippen LogP contribution < -0.4 is 10.1 Å². The van der Waals surface area contributed by atoms with Crippen LogP contribution in [0.1, 0.15) is 50.5 Å². The monoisotopic (exact) mass is 437 g/mol. The number of ether oxygens (including phenoxy) is 1. The van der Waals surface area contributed by atoms with Gasteiger partial charge in [-0.3, -0.25) is 9.59 Å². The lowest BCUT2D eigenvalue weighted by Crippen LogP contribution is -2.33. The molecule has 1 aromatic carbocycles. The van der Waals surface area contributed by atoms with Crippen LogP contribution in [0.25, 0.3) is 0 Å². The molecule has 3 aliphatic rings. The first-order chi connectivity index (χ1) is 15.1. The molecule has 2 heterocycles. The van der Waals surface area contributed by atoms with E-state index >= 15 is 0 Å². The summed E-state index contributed by atoms with van der Waals surface area (Å²) in [4.78, 5) is 27.4. The zero-order valence-corrected chi connectivity index (χ0v) is 18.6. The Kier molecular flexibility index (Phi) is 6.67. The average Bonchev–Trinajstić information content (AvgIpc) is 3.32. The molecule has 1 atom stereocenters. The fraction of sp³-hybridized carbons (Fsp3) is 0.458. The SMILES string of the molecule is CCOc1ccccc1C1C(C#N)=C(SCC(=O)N2CCCC2)NC2=C1C(=O)CCC2. The summed E-state index contributed by atoms with van der Waals surface area (Å²) >= 11 is 1.37. The number of Topliss-reactive ketones (excluding diaryl/α,β-unsaturated/α-hetero) is 1. The number of hydrogen-bond acceptors (Lipinski definition) is 6. The van der Waals surface area contributed by atoms with Crippen molar-refractivity contribution in [1.82, 2.24) is 10.2 Å². The second-order valence-corrected chi connectivity index (χ2v) is 8.91. The van der Waals surface area contributed by atoms with Crippen molar-refractivity contribution in [2.75, 3.05) is 25.4 Å². The molecule has 2 aliphatic heterocycles. The molecule has 4 rings (SSSR count). The van der Waals surface area contributed by atoms with Crippen molar-refractivity contribution in [3.05, 3.63) is 51.7 Å². The number of thioether (sulfide) groups is 1. The van der Waals surface area contributed by atoms with Gasteiger partial charge in [-0.1, -0.05) is 30.0 Å². The minimum atomic E-state index is -0.471. The molecule has 6 nitrogen and oxygen atoms in total. The number of nitrogens with one attached hydrogen (secondary N) is 1. The summed E-state index contributed by atoms with van der Waals surface area (Å²) in [5.41, 5.74) is 2.86. The Morgan fingerprint density at radius 3 is 2.77 bits per heavy atom. The minimum absolute atomic E-state index is 0.0787. The third kappa shape index (κ3) is 4.35. The number of likely N-dealkylation sites (tertiary alicyclic amines) is 1. The lowest BCUT2D eigenvalue weighted by molar-refractivity contribution is -0.127. The molecule has 0 saturated carbocycles. The first-order valence-corrected chi connectivity index (χ1v) is 11.9. The van der Waals surface area contributed by atoms with Crippen molar-refractivity contribution in [3.63, 3.8) is 0 Å². The van der Waals surface area contributed by atoms with E-state index < -0.39 is 5.92 Å². The molecule has 0 radical (unpaired) electrons. The van der Waals surface area contributed by atoms with Crippen molar-refractivity contribution in [1.29, 1.82) is 5.26 Å². The summed E-state index contributed by atoms with van der Waals surface area (Å²) in [5, 5.41) is 14.2. The molecule has 1 amide bonds. The minimum Gasteiger partial charge on any atom is -0.494 e. The third-order valence-corrected chi connectivity index (χ3v) is 6.99. The zero-order chi connectivity index (χ0) is 21.8. The fourth-order valence-corrected chi connectivity index (χ4v) is 5.51.